The highest BCUT2D eigenvalue weighted by Gasteiger charge is 2.14. The molecule has 7 nitrogen and oxygen atoms in total. The van der Waals surface area contributed by atoms with Gasteiger partial charge in [0.25, 0.3) is 0 Å². The van der Waals surface area contributed by atoms with Crippen molar-refractivity contribution in [3.8, 4) is 11.4 Å². The predicted octanol–water partition coefficient (Wildman–Crippen LogP) is 0.267. The Morgan fingerprint density at radius 3 is 2.82 bits per heavy atom. The number of aromatic carboxylic acids is 1. The van der Waals surface area contributed by atoms with Gasteiger partial charge in [0, 0.05) is 0 Å². The second kappa shape index (κ2) is 4.12. The van der Waals surface area contributed by atoms with E-state index in [9.17, 15) is 9.59 Å². The molecule has 0 unspecified atom stereocenters. The molecular weight excluding hydrogens is 226 g/mol. The number of rotatable bonds is 3. The molecule has 0 radical (unpaired) electrons. The molecule has 0 spiro atoms. The Bertz CT molecular complexity index is 614. The van der Waals surface area contributed by atoms with Gasteiger partial charge in [-0.3, -0.25) is 0 Å². The number of aromatic nitrogens is 3. The summed E-state index contributed by atoms with van der Waals surface area (Å²) in [5.41, 5.74) is -0.303. The Hall–Kier alpha value is -2.57. The molecule has 0 atom stereocenters. The average Bonchev–Trinajstić information content (AvgIpc) is 2.74. The fraction of sp³-hybridized carbons (Fsp3) is 0.100. The SMILES string of the molecule is COc1ccc(-n2cn[nH]c2=O)c(C(=O)O)c1. The third-order valence-electron chi connectivity index (χ3n) is 2.25. The predicted molar refractivity (Wildman–Crippen MR) is 57.7 cm³/mol. The van der Waals surface area contributed by atoms with Crippen LogP contribution in [0.5, 0.6) is 5.75 Å². The minimum Gasteiger partial charge on any atom is -0.497 e. The van der Waals surface area contributed by atoms with Gasteiger partial charge in [-0.05, 0) is 18.2 Å². The summed E-state index contributed by atoms with van der Waals surface area (Å²) < 4.78 is 6.05. The summed E-state index contributed by atoms with van der Waals surface area (Å²) in [7, 11) is 1.44. The van der Waals surface area contributed by atoms with Crippen LogP contribution in [0, 0.1) is 0 Å². The molecule has 0 saturated carbocycles. The summed E-state index contributed by atoms with van der Waals surface area (Å²) in [5.74, 6) is -0.741. The van der Waals surface area contributed by atoms with Gasteiger partial charge in [-0.25, -0.2) is 19.3 Å². The van der Waals surface area contributed by atoms with Crippen LogP contribution in [0.4, 0.5) is 0 Å². The molecule has 1 aromatic heterocycles. The summed E-state index contributed by atoms with van der Waals surface area (Å²) in [5, 5.41) is 14.8. The van der Waals surface area contributed by atoms with Crippen LogP contribution in [0.15, 0.2) is 29.3 Å². The molecule has 2 rings (SSSR count). The van der Waals surface area contributed by atoms with E-state index in [0.717, 1.165) is 4.57 Å². The Balaban J connectivity index is 2.66. The zero-order valence-electron chi connectivity index (χ0n) is 8.88. The molecule has 0 bridgehead atoms. The number of hydrogen-bond donors (Lipinski definition) is 2. The van der Waals surface area contributed by atoms with E-state index in [-0.39, 0.29) is 11.3 Å². The minimum absolute atomic E-state index is 0.0344. The van der Waals surface area contributed by atoms with E-state index >= 15 is 0 Å². The molecule has 0 aliphatic heterocycles. The third-order valence-corrected chi connectivity index (χ3v) is 2.25. The van der Waals surface area contributed by atoms with Crippen molar-refractivity contribution in [1.29, 1.82) is 0 Å². The van der Waals surface area contributed by atoms with Crippen molar-refractivity contribution in [3.05, 3.63) is 40.6 Å². The molecule has 1 heterocycles. The molecule has 0 fully saturated rings. The molecule has 0 aliphatic rings. The zero-order chi connectivity index (χ0) is 12.4. The van der Waals surface area contributed by atoms with Crippen molar-refractivity contribution in [1.82, 2.24) is 14.8 Å². The summed E-state index contributed by atoms with van der Waals surface area (Å²) in [4.78, 5) is 22.5. The van der Waals surface area contributed by atoms with Crippen LogP contribution in [0.25, 0.3) is 5.69 Å². The first-order valence-electron chi connectivity index (χ1n) is 4.67. The first-order chi connectivity index (χ1) is 8.13. The van der Waals surface area contributed by atoms with Gasteiger partial charge in [-0.15, -0.1) is 0 Å². The monoisotopic (exact) mass is 235 g/mol. The maximum atomic E-state index is 11.4. The maximum absolute atomic E-state index is 11.4. The molecule has 0 saturated heterocycles. The van der Waals surface area contributed by atoms with Gasteiger partial charge in [0.1, 0.15) is 12.1 Å². The number of nitrogens with zero attached hydrogens (tertiary/aromatic N) is 2. The molecule has 0 aliphatic carbocycles. The summed E-state index contributed by atoms with van der Waals surface area (Å²) in [6.45, 7) is 0. The van der Waals surface area contributed by atoms with Crippen LogP contribution in [0.3, 0.4) is 0 Å². The molecule has 0 amide bonds. The lowest BCUT2D eigenvalue weighted by Crippen LogP contribution is -2.17. The average molecular weight is 235 g/mol. The van der Waals surface area contributed by atoms with Crippen molar-refractivity contribution in [2.45, 2.75) is 0 Å². The van der Waals surface area contributed by atoms with E-state index < -0.39 is 11.7 Å². The number of carbonyl (C=O) groups is 1. The van der Waals surface area contributed by atoms with Gasteiger partial charge in [0.05, 0.1) is 18.4 Å². The van der Waals surface area contributed by atoms with Gasteiger partial charge < -0.3 is 9.84 Å². The Kier molecular flexibility index (Phi) is 2.65. The molecule has 1 aromatic carbocycles. The van der Waals surface area contributed by atoms with Crippen molar-refractivity contribution in [2.75, 3.05) is 7.11 Å². The lowest BCUT2D eigenvalue weighted by Gasteiger charge is -2.07. The topological polar surface area (TPSA) is 97.2 Å². The lowest BCUT2D eigenvalue weighted by molar-refractivity contribution is 0.0696. The van der Waals surface area contributed by atoms with E-state index in [1.165, 1.54) is 25.6 Å². The number of carboxylic acids is 1. The van der Waals surface area contributed by atoms with E-state index in [1.807, 2.05) is 0 Å². The highest BCUT2D eigenvalue weighted by molar-refractivity contribution is 5.92. The van der Waals surface area contributed by atoms with Gasteiger partial charge in [-0.1, -0.05) is 0 Å². The molecule has 88 valence electrons. The number of benzene rings is 1. The highest BCUT2D eigenvalue weighted by Crippen LogP contribution is 2.19. The molecule has 2 aromatic rings. The Morgan fingerprint density at radius 1 is 1.53 bits per heavy atom. The minimum atomic E-state index is -1.15. The van der Waals surface area contributed by atoms with Crippen molar-refractivity contribution in [3.63, 3.8) is 0 Å². The van der Waals surface area contributed by atoms with Crippen LogP contribution >= 0.6 is 0 Å². The molecular formula is C10H9N3O4. The Morgan fingerprint density at radius 2 is 2.29 bits per heavy atom. The normalized spacial score (nSPS) is 10.2. The number of ether oxygens (including phenoxy) is 1. The van der Waals surface area contributed by atoms with Crippen LogP contribution in [0.2, 0.25) is 0 Å². The maximum Gasteiger partial charge on any atom is 0.347 e. The summed E-state index contributed by atoms with van der Waals surface area (Å²) in [6.07, 6.45) is 1.22. The van der Waals surface area contributed by atoms with Gasteiger partial charge in [0.15, 0.2) is 0 Å². The fourth-order valence-corrected chi connectivity index (χ4v) is 1.44. The van der Waals surface area contributed by atoms with Crippen LogP contribution < -0.4 is 10.4 Å². The smallest absolute Gasteiger partial charge is 0.347 e. The van der Waals surface area contributed by atoms with Crippen LogP contribution in [0.1, 0.15) is 10.4 Å². The number of carboxylic acid groups (broad SMARTS) is 1. The second-order valence-corrected chi connectivity index (χ2v) is 3.22. The number of aromatic amines is 1. The summed E-state index contributed by atoms with van der Waals surface area (Å²) >= 11 is 0. The number of hydrogen-bond acceptors (Lipinski definition) is 4. The number of nitrogens with one attached hydrogen (secondary N) is 1. The number of methoxy groups -OCH3 is 1. The first-order valence-corrected chi connectivity index (χ1v) is 4.67. The third kappa shape index (κ3) is 1.89. The molecule has 7 heteroatoms. The van der Waals surface area contributed by atoms with E-state index in [4.69, 9.17) is 9.84 Å². The van der Waals surface area contributed by atoms with Crippen molar-refractivity contribution in [2.24, 2.45) is 0 Å². The van der Waals surface area contributed by atoms with Crippen molar-refractivity contribution < 1.29 is 14.6 Å². The highest BCUT2D eigenvalue weighted by atomic mass is 16.5. The quantitative estimate of drug-likeness (QED) is 0.795. The van der Waals surface area contributed by atoms with E-state index in [0.29, 0.717) is 5.75 Å². The van der Waals surface area contributed by atoms with Gasteiger partial charge in [0.2, 0.25) is 0 Å². The van der Waals surface area contributed by atoms with Crippen LogP contribution in [-0.2, 0) is 0 Å². The fourth-order valence-electron chi connectivity index (χ4n) is 1.44. The number of H-pyrrole nitrogens is 1. The van der Waals surface area contributed by atoms with Crippen molar-refractivity contribution >= 4 is 5.97 Å². The molecule has 17 heavy (non-hydrogen) atoms. The zero-order valence-corrected chi connectivity index (χ0v) is 8.88. The lowest BCUT2D eigenvalue weighted by atomic mass is 10.1. The van der Waals surface area contributed by atoms with E-state index in [2.05, 4.69) is 10.2 Å². The second-order valence-electron chi connectivity index (χ2n) is 3.22. The van der Waals surface area contributed by atoms with Crippen LogP contribution in [-0.4, -0.2) is 33.0 Å². The Labute approximate surface area is 95.3 Å². The largest absolute Gasteiger partial charge is 0.497 e. The molecule has 2 N–H and O–H groups in total. The first kappa shape index (κ1) is 10.9. The standard InChI is InChI=1S/C10H9N3O4/c1-17-6-2-3-8(7(4-6)9(14)15)13-5-11-12-10(13)16/h2-5H,1H3,(H,12,16)(H,14,15). The van der Waals surface area contributed by atoms with E-state index in [1.54, 1.807) is 6.07 Å². The van der Waals surface area contributed by atoms with Gasteiger partial charge >= 0.3 is 11.7 Å². The van der Waals surface area contributed by atoms with Gasteiger partial charge in [-0.2, -0.15) is 5.10 Å². The summed E-state index contributed by atoms with van der Waals surface area (Å²) in [6, 6.07) is 4.40.